The molecule has 84 valence electrons. The van der Waals surface area contributed by atoms with Crippen molar-refractivity contribution in [3.8, 4) is 0 Å². The van der Waals surface area contributed by atoms with E-state index in [4.69, 9.17) is 0 Å². The van der Waals surface area contributed by atoms with Crippen LogP contribution in [0, 0.1) is 0 Å². The third-order valence-electron chi connectivity index (χ3n) is 3.42. The number of nitrogens with zero attached hydrogens (tertiary/aromatic N) is 2. The average molecular weight is 210 g/mol. The summed E-state index contributed by atoms with van der Waals surface area (Å²) in [6.45, 7) is 3.81. The zero-order chi connectivity index (χ0) is 10.8. The van der Waals surface area contributed by atoms with Gasteiger partial charge in [0.15, 0.2) is 0 Å². The van der Waals surface area contributed by atoms with E-state index in [1.54, 1.807) is 6.92 Å². The second-order valence-corrected chi connectivity index (χ2v) is 4.45. The molecule has 2 rings (SSSR count). The van der Waals surface area contributed by atoms with Gasteiger partial charge in [0.2, 0.25) is 11.8 Å². The van der Waals surface area contributed by atoms with E-state index in [9.17, 15) is 9.59 Å². The van der Waals surface area contributed by atoms with Crippen molar-refractivity contribution in [2.75, 3.05) is 19.6 Å². The van der Waals surface area contributed by atoms with Gasteiger partial charge in [0.25, 0.3) is 0 Å². The molecule has 2 aliphatic heterocycles. The summed E-state index contributed by atoms with van der Waals surface area (Å²) in [5.41, 5.74) is 0. The molecule has 0 aromatic carbocycles. The lowest BCUT2D eigenvalue weighted by Crippen LogP contribution is -2.46. The minimum Gasteiger partial charge on any atom is -0.340 e. The lowest BCUT2D eigenvalue weighted by Gasteiger charge is -2.35. The smallest absolute Gasteiger partial charge is 0.224 e. The fraction of sp³-hybridized carbons (Fsp3) is 0.818. The summed E-state index contributed by atoms with van der Waals surface area (Å²) in [6.07, 6.45) is 3.84. The molecule has 15 heavy (non-hydrogen) atoms. The van der Waals surface area contributed by atoms with E-state index in [0.29, 0.717) is 13.0 Å². The first-order valence-corrected chi connectivity index (χ1v) is 5.73. The van der Waals surface area contributed by atoms with E-state index in [2.05, 4.69) is 0 Å². The minimum atomic E-state index is 0.0928. The van der Waals surface area contributed by atoms with Gasteiger partial charge in [-0.1, -0.05) is 0 Å². The Morgan fingerprint density at radius 2 is 2.13 bits per heavy atom. The maximum atomic E-state index is 11.8. The van der Waals surface area contributed by atoms with E-state index < -0.39 is 0 Å². The highest BCUT2D eigenvalue weighted by atomic mass is 16.2. The Hall–Kier alpha value is -1.06. The summed E-state index contributed by atoms with van der Waals surface area (Å²) in [6, 6.07) is 0.276. The van der Waals surface area contributed by atoms with E-state index in [-0.39, 0.29) is 17.9 Å². The van der Waals surface area contributed by atoms with Gasteiger partial charge in [-0.15, -0.1) is 0 Å². The summed E-state index contributed by atoms with van der Waals surface area (Å²) in [5, 5.41) is 0. The molecule has 2 fully saturated rings. The van der Waals surface area contributed by atoms with Gasteiger partial charge >= 0.3 is 0 Å². The Bertz CT molecular complexity index is 278. The van der Waals surface area contributed by atoms with Crippen LogP contribution in [-0.4, -0.2) is 47.3 Å². The van der Waals surface area contributed by atoms with Crippen molar-refractivity contribution in [1.82, 2.24) is 9.80 Å². The van der Waals surface area contributed by atoms with Crippen molar-refractivity contribution in [2.45, 2.75) is 38.6 Å². The van der Waals surface area contributed by atoms with Crippen LogP contribution in [0.4, 0.5) is 0 Å². The summed E-state index contributed by atoms with van der Waals surface area (Å²) in [7, 11) is 0. The molecule has 0 aromatic rings. The van der Waals surface area contributed by atoms with Gasteiger partial charge in [0.1, 0.15) is 0 Å². The second kappa shape index (κ2) is 4.21. The number of piperidine rings is 1. The predicted molar refractivity (Wildman–Crippen MR) is 56.2 cm³/mol. The standard InChI is InChI=1S/C11H18N2O2/c1-9(14)12-7-5-11(15)13-6-3-2-4-10(13)8-12/h10H,2-8H2,1H3. The Morgan fingerprint density at radius 3 is 2.87 bits per heavy atom. The first-order valence-electron chi connectivity index (χ1n) is 5.73. The van der Waals surface area contributed by atoms with Crippen LogP contribution in [0.15, 0.2) is 0 Å². The molecule has 0 bridgehead atoms. The van der Waals surface area contributed by atoms with Crippen LogP contribution >= 0.6 is 0 Å². The highest BCUT2D eigenvalue weighted by Gasteiger charge is 2.31. The fourth-order valence-corrected chi connectivity index (χ4v) is 2.52. The van der Waals surface area contributed by atoms with Gasteiger partial charge in [0, 0.05) is 39.0 Å². The van der Waals surface area contributed by atoms with E-state index in [1.807, 2.05) is 9.80 Å². The summed E-state index contributed by atoms with van der Waals surface area (Å²) in [4.78, 5) is 26.9. The maximum Gasteiger partial charge on any atom is 0.224 e. The first kappa shape index (κ1) is 10.5. The molecule has 2 heterocycles. The molecule has 2 saturated heterocycles. The Morgan fingerprint density at radius 1 is 1.33 bits per heavy atom. The first-order chi connectivity index (χ1) is 7.18. The number of carbonyl (C=O) groups is 2. The predicted octanol–water partition coefficient (Wildman–Crippen LogP) is 0.620. The van der Waals surface area contributed by atoms with Crippen molar-refractivity contribution in [3.05, 3.63) is 0 Å². The highest BCUT2D eigenvalue weighted by Crippen LogP contribution is 2.21. The number of rotatable bonds is 0. The molecule has 4 heteroatoms. The van der Waals surface area contributed by atoms with Crippen LogP contribution in [0.5, 0.6) is 0 Å². The zero-order valence-corrected chi connectivity index (χ0v) is 9.24. The molecule has 0 aliphatic carbocycles. The average Bonchev–Trinajstić information content (AvgIpc) is 2.39. The maximum absolute atomic E-state index is 11.8. The fourth-order valence-electron chi connectivity index (χ4n) is 2.52. The summed E-state index contributed by atoms with van der Waals surface area (Å²) < 4.78 is 0. The van der Waals surface area contributed by atoms with Gasteiger partial charge in [-0.05, 0) is 19.3 Å². The van der Waals surface area contributed by atoms with E-state index in [0.717, 1.165) is 25.9 Å². The number of hydrogen-bond donors (Lipinski definition) is 0. The molecule has 1 atom stereocenters. The second-order valence-electron chi connectivity index (χ2n) is 4.45. The SMILES string of the molecule is CC(=O)N1CCC(=O)N2CCCCC2C1. The number of carbonyl (C=O) groups excluding carboxylic acids is 2. The van der Waals surface area contributed by atoms with Crippen LogP contribution in [0.25, 0.3) is 0 Å². The summed E-state index contributed by atoms with van der Waals surface area (Å²) in [5.74, 6) is 0.318. The third kappa shape index (κ3) is 2.13. The Labute approximate surface area is 90.2 Å². The largest absolute Gasteiger partial charge is 0.340 e. The van der Waals surface area contributed by atoms with Crippen molar-refractivity contribution in [3.63, 3.8) is 0 Å². The molecular weight excluding hydrogens is 192 g/mol. The lowest BCUT2D eigenvalue weighted by atomic mass is 10.0. The molecule has 1 unspecified atom stereocenters. The van der Waals surface area contributed by atoms with Crippen LogP contribution in [0.1, 0.15) is 32.6 Å². The number of amides is 2. The number of hydrogen-bond acceptors (Lipinski definition) is 2. The van der Waals surface area contributed by atoms with Gasteiger partial charge in [0.05, 0.1) is 0 Å². The summed E-state index contributed by atoms with van der Waals surface area (Å²) >= 11 is 0. The van der Waals surface area contributed by atoms with Gasteiger partial charge < -0.3 is 9.80 Å². The van der Waals surface area contributed by atoms with E-state index >= 15 is 0 Å². The zero-order valence-electron chi connectivity index (χ0n) is 9.24. The molecule has 0 saturated carbocycles. The van der Waals surface area contributed by atoms with Gasteiger partial charge in [-0.2, -0.15) is 0 Å². The lowest BCUT2D eigenvalue weighted by molar-refractivity contribution is -0.133. The quantitative estimate of drug-likeness (QED) is 0.588. The highest BCUT2D eigenvalue weighted by molar-refractivity contribution is 5.79. The Kier molecular flexibility index (Phi) is 2.93. The topological polar surface area (TPSA) is 40.6 Å². The molecule has 2 amide bonds. The van der Waals surface area contributed by atoms with Gasteiger partial charge in [-0.25, -0.2) is 0 Å². The van der Waals surface area contributed by atoms with Crippen molar-refractivity contribution < 1.29 is 9.59 Å². The monoisotopic (exact) mass is 210 g/mol. The van der Waals surface area contributed by atoms with E-state index in [1.165, 1.54) is 6.42 Å². The van der Waals surface area contributed by atoms with Crippen LogP contribution in [0.2, 0.25) is 0 Å². The Balaban J connectivity index is 2.11. The van der Waals surface area contributed by atoms with Crippen LogP contribution < -0.4 is 0 Å². The molecule has 2 aliphatic rings. The molecule has 0 aromatic heterocycles. The normalized spacial score (nSPS) is 27.3. The van der Waals surface area contributed by atoms with Crippen LogP contribution in [-0.2, 0) is 9.59 Å². The molecule has 0 radical (unpaired) electrons. The molecule has 0 spiro atoms. The van der Waals surface area contributed by atoms with Gasteiger partial charge in [-0.3, -0.25) is 9.59 Å². The molecule has 0 N–H and O–H groups in total. The van der Waals surface area contributed by atoms with Crippen molar-refractivity contribution in [1.29, 1.82) is 0 Å². The van der Waals surface area contributed by atoms with Crippen molar-refractivity contribution in [2.24, 2.45) is 0 Å². The number of fused-ring (bicyclic) bond motifs is 1. The van der Waals surface area contributed by atoms with Crippen LogP contribution in [0.3, 0.4) is 0 Å². The molecule has 4 nitrogen and oxygen atoms in total. The minimum absolute atomic E-state index is 0.0928. The van der Waals surface area contributed by atoms with Crippen molar-refractivity contribution >= 4 is 11.8 Å². The third-order valence-corrected chi connectivity index (χ3v) is 3.42. The molecular formula is C11H18N2O2.